The van der Waals surface area contributed by atoms with Gasteiger partial charge in [-0.25, -0.2) is 0 Å². The zero-order valence-corrected chi connectivity index (χ0v) is 3.30. The van der Waals surface area contributed by atoms with Gasteiger partial charge in [-0.2, -0.15) is 11.3 Å². The number of thiophene rings is 1. The summed E-state index contributed by atoms with van der Waals surface area (Å²) in [6.45, 7) is 0. The second kappa shape index (κ2) is 1.22. The number of rotatable bonds is 0. The van der Waals surface area contributed by atoms with E-state index in [1.807, 2.05) is 0 Å². The first-order valence-electron chi connectivity index (χ1n) is 2.73. The lowest BCUT2D eigenvalue weighted by Crippen LogP contribution is -1.16. The lowest BCUT2D eigenvalue weighted by Gasteiger charge is -1.39. The summed E-state index contributed by atoms with van der Waals surface area (Å²) in [5.74, 6) is 0. The van der Waals surface area contributed by atoms with Gasteiger partial charge in [-0.15, -0.1) is 0 Å². The quantitative estimate of drug-likeness (QED) is 0.452. The molecule has 0 saturated heterocycles. The van der Waals surface area contributed by atoms with E-state index in [1.54, 1.807) is 0 Å². The lowest BCUT2D eigenvalue weighted by atomic mass is 10.7. The van der Waals surface area contributed by atoms with E-state index in [0.717, 1.165) is 11.3 Å². The van der Waals surface area contributed by atoms with Crippen molar-refractivity contribution in [1.29, 1.82) is 0 Å². The fourth-order valence-corrected chi connectivity index (χ4v) is 0.442. The Morgan fingerprint density at radius 3 is 2.80 bits per heavy atom. The van der Waals surface area contributed by atoms with Crippen molar-refractivity contribution < 1.29 is 4.11 Å². The molecule has 1 heteroatoms. The Hall–Kier alpha value is -0.300. The van der Waals surface area contributed by atoms with E-state index in [4.69, 9.17) is 4.11 Å². The van der Waals surface area contributed by atoms with Gasteiger partial charge < -0.3 is 0 Å². The normalized spacial score (nSPS) is 16.4. The molecule has 0 aromatic carbocycles. The molecule has 1 heterocycles. The maximum Gasteiger partial charge on any atom is 0.0739 e. The van der Waals surface area contributed by atoms with Crippen LogP contribution in [0.3, 0.4) is 0 Å². The van der Waals surface area contributed by atoms with Gasteiger partial charge in [-0.05, 0) is 10.7 Å². The Morgan fingerprint density at radius 2 is 2.60 bits per heavy atom. The smallest absolute Gasteiger partial charge is 0.0739 e. The van der Waals surface area contributed by atoms with E-state index < -0.39 is 0 Å². The second-order valence-corrected chi connectivity index (χ2v) is 1.28. The van der Waals surface area contributed by atoms with Gasteiger partial charge in [-0.3, -0.25) is 0 Å². The van der Waals surface area contributed by atoms with Gasteiger partial charge in [0.25, 0.3) is 0 Å². The summed E-state index contributed by atoms with van der Waals surface area (Å²) in [7, 11) is 0. The van der Waals surface area contributed by atoms with Crippen LogP contribution in [0.1, 0.15) is 4.11 Å². The van der Waals surface area contributed by atoms with Crippen LogP contribution in [-0.2, 0) is 0 Å². The molecular weight excluding hydrogens is 80.1 g/mol. The highest BCUT2D eigenvalue weighted by Crippen LogP contribution is 1.91. The summed E-state index contributed by atoms with van der Waals surface area (Å²) in [5.41, 5.74) is 0. The standard InChI is InChI=1S/C4H4S/c1-2-4-5-3-1/h1-4H/i1D,2D,3D. The fraction of sp³-hybridized carbons (Fsp3) is 0. The summed E-state index contributed by atoms with van der Waals surface area (Å²) in [6, 6.07) is 0.190. The van der Waals surface area contributed by atoms with Crippen LogP contribution in [-0.4, -0.2) is 0 Å². The lowest BCUT2D eigenvalue weighted by molar-refractivity contribution is 2.03. The molecule has 5 heavy (non-hydrogen) atoms. The highest BCUT2D eigenvalue weighted by Gasteiger charge is 1.58. The molecule has 0 aliphatic rings. The monoisotopic (exact) mass is 87.0 g/mol. The largest absolute Gasteiger partial charge is 0.152 e. The Balaban J connectivity index is 3.19. The minimum absolute atomic E-state index is 0.0370. The molecule has 26 valence electrons. The average molecular weight is 87.2 g/mol. The summed E-state index contributed by atoms with van der Waals surface area (Å²) in [4.78, 5) is 0. The summed E-state index contributed by atoms with van der Waals surface area (Å²) in [5, 5.41) is 1.67. The van der Waals surface area contributed by atoms with Gasteiger partial charge in [0.05, 0.1) is 4.11 Å². The fourth-order valence-electron chi connectivity index (χ4n) is 0.147. The summed E-state index contributed by atoms with van der Waals surface area (Å²) >= 11 is 1.12. The first kappa shape index (κ1) is 1.09. The molecule has 1 rings (SSSR count). The summed E-state index contributed by atoms with van der Waals surface area (Å²) < 4.78 is 20.9. The van der Waals surface area contributed by atoms with Crippen LogP contribution in [0.2, 0.25) is 0 Å². The third-order valence-corrected chi connectivity index (χ3v) is 0.756. The molecule has 0 saturated carbocycles. The van der Waals surface area contributed by atoms with E-state index in [1.165, 1.54) is 5.38 Å². The Labute approximate surface area is 39.3 Å². The van der Waals surface area contributed by atoms with Gasteiger partial charge in [0.2, 0.25) is 0 Å². The summed E-state index contributed by atoms with van der Waals surface area (Å²) in [6.07, 6.45) is 0. The molecule has 0 amide bonds. The van der Waals surface area contributed by atoms with Gasteiger partial charge in [0.15, 0.2) is 0 Å². The van der Waals surface area contributed by atoms with E-state index >= 15 is 0 Å². The van der Waals surface area contributed by atoms with Gasteiger partial charge in [0, 0.05) is 0 Å². The van der Waals surface area contributed by atoms with E-state index in [0.29, 0.717) is 0 Å². The highest BCUT2D eigenvalue weighted by atomic mass is 32.1. The van der Waals surface area contributed by atoms with Gasteiger partial charge >= 0.3 is 0 Å². The third-order valence-electron chi connectivity index (χ3n) is 0.300. The molecule has 0 fully saturated rings. The average Bonchev–Trinajstić information content (AvgIpc) is 1.98. The van der Waals surface area contributed by atoms with Crippen LogP contribution in [0.4, 0.5) is 0 Å². The Morgan fingerprint density at radius 1 is 1.60 bits per heavy atom. The van der Waals surface area contributed by atoms with Crippen molar-refractivity contribution in [1.82, 2.24) is 0 Å². The minimum atomic E-state index is 0.0370. The topological polar surface area (TPSA) is 0 Å². The van der Waals surface area contributed by atoms with Crippen molar-refractivity contribution >= 4 is 11.3 Å². The minimum Gasteiger partial charge on any atom is -0.152 e. The van der Waals surface area contributed by atoms with E-state index in [2.05, 4.69) is 0 Å². The SMILES string of the molecule is [2H]c1csc([2H])c1[2H]. The van der Waals surface area contributed by atoms with Crippen LogP contribution < -0.4 is 0 Å². The first-order chi connectivity index (χ1) is 3.72. The van der Waals surface area contributed by atoms with Crippen molar-refractivity contribution in [3.63, 3.8) is 0 Å². The maximum atomic E-state index is 6.96. The van der Waals surface area contributed by atoms with Crippen LogP contribution in [0.5, 0.6) is 0 Å². The molecule has 0 bridgehead atoms. The van der Waals surface area contributed by atoms with E-state index in [9.17, 15) is 0 Å². The van der Waals surface area contributed by atoms with Gasteiger partial charge in [-0.1, -0.05) is 12.1 Å². The number of hydrogen-bond donors (Lipinski definition) is 0. The van der Waals surface area contributed by atoms with Crippen molar-refractivity contribution in [2.24, 2.45) is 0 Å². The number of hydrogen-bond acceptors (Lipinski definition) is 1. The predicted molar refractivity (Wildman–Crippen MR) is 24.3 cm³/mol. The molecular formula is C4H4S. The molecule has 0 unspecified atom stereocenters. The highest BCUT2D eigenvalue weighted by molar-refractivity contribution is 7.07. The zero-order valence-electron chi connectivity index (χ0n) is 5.49. The van der Waals surface area contributed by atoms with Crippen molar-refractivity contribution in [2.75, 3.05) is 0 Å². The van der Waals surface area contributed by atoms with Gasteiger partial charge in [0.1, 0.15) is 0 Å². The van der Waals surface area contributed by atoms with Crippen LogP contribution in [0, 0.1) is 0 Å². The van der Waals surface area contributed by atoms with Crippen LogP contribution >= 0.6 is 11.3 Å². The molecule has 0 aliphatic heterocycles. The molecule has 0 N–H and O–H groups in total. The van der Waals surface area contributed by atoms with Crippen LogP contribution in [0.15, 0.2) is 22.8 Å². The molecule has 1 aromatic heterocycles. The molecule has 0 aliphatic carbocycles. The third kappa shape index (κ3) is 0.484. The first-order valence-corrected chi connectivity index (χ1v) is 2.11. The second-order valence-electron chi connectivity index (χ2n) is 0.607. The Kier molecular flexibility index (Phi) is 0.265. The maximum absolute atomic E-state index is 6.96. The molecule has 1 aromatic rings. The van der Waals surface area contributed by atoms with E-state index in [-0.39, 0.29) is 17.4 Å². The molecule has 0 atom stereocenters. The van der Waals surface area contributed by atoms with Crippen LogP contribution in [0.25, 0.3) is 0 Å². The molecule has 0 spiro atoms. The molecule has 0 radical (unpaired) electrons. The molecule has 0 nitrogen and oxygen atoms in total. The zero-order chi connectivity index (χ0) is 6.15. The van der Waals surface area contributed by atoms with Crippen molar-refractivity contribution in [3.05, 3.63) is 22.8 Å². The predicted octanol–water partition coefficient (Wildman–Crippen LogP) is 1.75. The van der Waals surface area contributed by atoms with Crippen molar-refractivity contribution in [3.8, 4) is 0 Å². The Bertz CT molecular complexity index is 174. The van der Waals surface area contributed by atoms with Crippen molar-refractivity contribution in [2.45, 2.75) is 0 Å².